The molecule has 0 bridgehead atoms. The van der Waals surface area contributed by atoms with Gasteiger partial charge in [-0.15, -0.1) is 11.3 Å². The van der Waals surface area contributed by atoms with Crippen LogP contribution in [0.2, 0.25) is 0 Å². The summed E-state index contributed by atoms with van der Waals surface area (Å²) in [6.45, 7) is 3.09. The van der Waals surface area contributed by atoms with Crippen molar-refractivity contribution in [3.63, 3.8) is 0 Å². The quantitative estimate of drug-likeness (QED) is 0.624. The van der Waals surface area contributed by atoms with E-state index < -0.39 is 26.6 Å². The third-order valence-corrected chi connectivity index (χ3v) is 7.72. The predicted molar refractivity (Wildman–Crippen MR) is 110 cm³/mol. The molecule has 0 saturated carbocycles. The Morgan fingerprint density at radius 3 is 2.21 bits per heavy atom. The largest absolute Gasteiger partial charge is 0.345 e. The molecular formula is C20H19F2N3O2S2. The number of benzene rings is 2. The molecule has 0 spiro atoms. The van der Waals surface area contributed by atoms with Gasteiger partial charge in [0.1, 0.15) is 11.6 Å². The highest BCUT2D eigenvalue weighted by Crippen LogP contribution is 2.29. The Morgan fingerprint density at radius 2 is 1.59 bits per heavy atom. The Morgan fingerprint density at radius 1 is 0.966 bits per heavy atom. The van der Waals surface area contributed by atoms with Gasteiger partial charge in [0.2, 0.25) is 10.0 Å². The number of nitrogens with zero attached hydrogens (tertiary/aromatic N) is 3. The molecule has 152 valence electrons. The molecule has 9 heteroatoms. The molecule has 1 saturated heterocycles. The van der Waals surface area contributed by atoms with E-state index in [9.17, 15) is 17.2 Å². The van der Waals surface area contributed by atoms with Crippen molar-refractivity contribution in [2.75, 3.05) is 31.1 Å². The van der Waals surface area contributed by atoms with Crippen LogP contribution < -0.4 is 4.90 Å². The van der Waals surface area contributed by atoms with Crippen LogP contribution in [0, 0.1) is 18.6 Å². The molecule has 0 unspecified atom stereocenters. The molecule has 0 radical (unpaired) electrons. The average molecular weight is 436 g/mol. The van der Waals surface area contributed by atoms with Gasteiger partial charge in [-0.3, -0.25) is 0 Å². The molecule has 4 rings (SSSR count). The number of hydrogen-bond donors (Lipinski definition) is 0. The van der Waals surface area contributed by atoms with Crippen LogP contribution in [0.25, 0.3) is 11.3 Å². The summed E-state index contributed by atoms with van der Waals surface area (Å²) in [7, 11) is -4.23. The van der Waals surface area contributed by atoms with E-state index in [1.54, 1.807) is 0 Å². The minimum Gasteiger partial charge on any atom is -0.345 e. The Labute approximate surface area is 172 Å². The topological polar surface area (TPSA) is 53.5 Å². The zero-order chi connectivity index (χ0) is 20.6. The van der Waals surface area contributed by atoms with Crippen molar-refractivity contribution in [2.45, 2.75) is 11.8 Å². The molecule has 5 nitrogen and oxygen atoms in total. The van der Waals surface area contributed by atoms with Crippen LogP contribution in [0.1, 0.15) is 5.56 Å². The van der Waals surface area contributed by atoms with Crippen LogP contribution >= 0.6 is 11.3 Å². The predicted octanol–water partition coefficient (Wildman–Crippen LogP) is 3.91. The first-order valence-electron chi connectivity index (χ1n) is 9.08. The number of halogens is 2. The van der Waals surface area contributed by atoms with Gasteiger partial charge in [-0.1, -0.05) is 35.9 Å². The van der Waals surface area contributed by atoms with E-state index in [0.717, 1.165) is 38.9 Å². The summed E-state index contributed by atoms with van der Waals surface area (Å²) in [6, 6.07) is 11.1. The van der Waals surface area contributed by atoms with Crippen LogP contribution in [0.5, 0.6) is 0 Å². The number of thiazole rings is 1. The zero-order valence-electron chi connectivity index (χ0n) is 15.7. The lowest BCUT2D eigenvalue weighted by atomic mass is 10.1. The fourth-order valence-electron chi connectivity index (χ4n) is 3.24. The lowest BCUT2D eigenvalue weighted by molar-refractivity contribution is 0.378. The van der Waals surface area contributed by atoms with Crippen LogP contribution in [-0.2, 0) is 10.0 Å². The highest BCUT2D eigenvalue weighted by atomic mass is 32.2. The molecular weight excluding hydrogens is 416 g/mol. The normalized spacial score (nSPS) is 15.6. The number of hydrogen-bond acceptors (Lipinski definition) is 5. The maximum absolute atomic E-state index is 14.0. The van der Waals surface area contributed by atoms with Crippen molar-refractivity contribution in [1.29, 1.82) is 0 Å². The Balaban J connectivity index is 1.48. The van der Waals surface area contributed by atoms with E-state index >= 15 is 0 Å². The van der Waals surface area contributed by atoms with E-state index in [-0.39, 0.29) is 13.1 Å². The van der Waals surface area contributed by atoms with Gasteiger partial charge in [-0.05, 0) is 19.1 Å². The minimum absolute atomic E-state index is 0.134. The molecule has 0 N–H and O–H groups in total. The molecule has 3 aromatic rings. The van der Waals surface area contributed by atoms with E-state index in [0.29, 0.717) is 13.1 Å². The first-order chi connectivity index (χ1) is 13.9. The van der Waals surface area contributed by atoms with E-state index in [1.165, 1.54) is 16.9 Å². The second-order valence-electron chi connectivity index (χ2n) is 6.82. The van der Waals surface area contributed by atoms with Crippen molar-refractivity contribution in [3.8, 4) is 11.3 Å². The highest BCUT2D eigenvalue weighted by Gasteiger charge is 2.33. The number of sulfonamides is 1. The van der Waals surface area contributed by atoms with Gasteiger partial charge in [0.25, 0.3) is 0 Å². The second kappa shape index (κ2) is 7.81. The van der Waals surface area contributed by atoms with E-state index in [4.69, 9.17) is 0 Å². The third kappa shape index (κ3) is 3.90. The highest BCUT2D eigenvalue weighted by molar-refractivity contribution is 7.89. The summed E-state index contributed by atoms with van der Waals surface area (Å²) in [5, 5.41) is 2.77. The summed E-state index contributed by atoms with van der Waals surface area (Å²) in [5.74, 6) is -2.15. The Bertz CT molecular complexity index is 1100. The number of aryl methyl sites for hydroxylation is 1. The zero-order valence-corrected chi connectivity index (χ0v) is 17.3. The summed E-state index contributed by atoms with van der Waals surface area (Å²) in [6.07, 6.45) is 0. The van der Waals surface area contributed by atoms with Gasteiger partial charge in [0.05, 0.1) is 5.69 Å². The molecule has 1 aromatic heterocycles. The fourth-order valence-corrected chi connectivity index (χ4v) is 5.66. The number of rotatable bonds is 4. The summed E-state index contributed by atoms with van der Waals surface area (Å²) < 4.78 is 54.5. The number of aromatic nitrogens is 1. The van der Waals surface area contributed by atoms with Gasteiger partial charge in [0, 0.05) is 37.1 Å². The average Bonchev–Trinajstić information content (AvgIpc) is 3.18. The van der Waals surface area contributed by atoms with Gasteiger partial charge in [-0.2, -0.15) is 4.31 Å². The molecule has 1 aliphatic heterocycles. The van der Waals surface area contributed by atoms with Crippen LogP contribution in [-0.4, -0.2) is 43.9 Å². The monoisotopic (exact) mass is 435 g/mol. The fraction of sp³-hybridized carbons (Fsp3) is 0.250. The van der Waals surface area contributed by atoms with Gasteiger partial charge < -0.3 is 4.90 Å². The van der Waals surface area contributed by atoms with Gasteiger partial charge in [0.15, 0.2) is 10.0 Å². The molecule has 0 aliphatic carbocycles. The SMILES string of the molecule is Cc1ccc(-c2csc(N3CCN(S(=O)(=O)c4c(F)cccc4F)CC3)n2)cc1. The van der Waals surface area contributed by atoms with Crippen LogP contribution in [0.4, 0.5) is 13.9 Å². The molecule has 0 atom stereocenters. The first-order valence-corrected chi connectivity index (χ1v) is 11.4. The molecule has 1 aliphatic rings. The van der Waals surface area contributed by atoms with Crippen molar-refractivity contribution in [3.05, 3.63) is 65.0 Å². The summed E-state index contributed by atoms with van der Waals surface area (Å²) >= 11 is 1.49. The van der Waals surface area contributed by atoms with Crippen LogP contribution in [0.3, 0.4) is 0 Å². The van der Waals surface area contributed by atoms with Crippen molar-refractivity contribution in [1.82, 2.24) is 9.29 Å². The molecule has 2 aromatic carbocycles. The maximum Gasteiger partial charge on any atom is 0.249 e. The lowest BCUT2D eigenvalue weighted by Gasteiger charge is -2.33. The maximum atomic E-state index is 14.0. The first kappa shape index (κ1) is 19.9. The van der Waals surface area contributed by atoms with E-state index in [2.05, 4.69) is 4.98 Å². The smallest absolute Gasteiger partial charge is 0.249 e. The van der Waals surface area contributed by atoms with E-state index in [1.807, 2.05) is 41.5 Å². The van der Waals surface area contributed by atoms with Gasteiger partial charge >= 0.3 is 0 Å². The third-order valence-electron chi connectivity index (χ3n) is 4.87. The van der Waals surface area contributed by atoms with Crippen LogP contribution in [0.15, 0.2) is 52.7 Å². The second-order valence-corrected chi connectivity index (χ2v) is 9.53. The summed E-state index contributed by atoms with van der Waals surface area (Å²) in [5.41, 5.74) is 3.07. The Hall–Kier alpha value is -2.36. The van der Waals surface area contributed by atoms with Crippen molar-refractivity contribution in [2.24, 2.45) is 0 Å². The molecule has 2 heterocycles. The molecule has 0 amide bonds. The number of anilines is 1. The summed E-state index contributed by atoms with van der Waals surface area (Å²) in [4.78, 5) is 5.77. The van der Waals surface area contributed by atoms with Gasteiger partial charge in [-0.25, -0.2) is 22.2 Å². The minimum atomic E-state index is -4.23. The molecule has 29 heavy (non-hydrogen) atoms. The number of piperazine rings is 1. The Kier molecular flexibility index (Phi) is 5.37. The van der Waals surface area contributed by atoms with Crippen molar-refractivity contribution < 1.29 is 17.2 Å². The lowest BCUT2D eigenvalue weighted by Crippen LogP contribution is -2.49. The standard InChI is InChI=1S/C20H19F2N3O2S2/c1-14-5-7-15(8-6-14)18-13-28-20(23-18)24-9-11-25(12-10-24)29(26,27)19-16(21)3-2-4-17(19)22/h2-8,13H,9-12H2,1H3. The molecule has 1 fully saturated rings. The van der Waals surface area contributed by atoms with Crippen molar-refractivity contribution >= 4 is 26.5 Å².